The van der Waals surface area contributed by atoms with Crippen LogP contribution in [0.25, 0.3) is 0 Å². The molecule has 0 bridgehead atoms. The van der Waals surface area contributed by atoms with Crippen LogP contribution in [0.1, 0.15) is 29.5 Å². The lowest BCUT2D eigenvalue weighted by Crippen LogP contribution is -2.40. The Labute approximate surface area is 165 Å². The zero-order valence-electron chi connectivity index (χ0n) is 16.3. The van der Waals surface area contributed by atoms with Crippen LogP contribution in [0.3, 0.4) is 0 Å². The fourth-order valence-electron chi connectivity index (χ4n) is 3.12. The summed E-state index contributed by atoms with van der Waals surface area (Å²) < 4.78 is 5.17. The predicted molar refractivity (Wildman–Crippen MR) is 108 cm³/mol. The van der Waals surface area contributed by atoms with Crippen molar-refractivity contribution < 1.29 is 14.3 Å². The average Bonchev–Trinajstić information content (AvgIpc) is 2.70. The van der Waals surface area contributed by atoms with Crippen molar-refractivity contribution in [3.63, 3.8) is 0 Å². The Balaban J connectivity index is 1.56. The van der Waals surface area contributed by atoms with E-state index in [2.05, 4.69) is 16.5 Å². The van der Waals surface area contributed by atoms with E-state index in [1.807, 2.05) is 49.4 Å². The standard InChI is InChI=1S/C22H25N3O3/c1-16-4-3-5-17(14-16)12-13-23-21(26)15-25-22(27)11-10-20(24-25)18-6-8-19(28-2)9-7-18/h3-9,14H,10-13,15H2,1-2H3,(H,23,26). The van der Waals surface area contributed by atoms with Gasteiger partial charge in [-0.3, -0.25) is 9.59 Å². The molecule has 0 saturated heterocycles. The summed E-state index contributed by atoms with van der Waals surface area (Å²) in [6, 6.07) is 15.7. The molecule has 146 valence electrons. The van der Waals surface area contributed by atoms with Gasteiger partial charge in [-0.25, -0.2) is 5.01 Å². The van der Waals surface area contributed by atoms with Gasteiger partial charge in [0.15, 0.2) is 0 Å². The van der Waals surface area contributed by atoms with E-state index in [1.54, 1.807) is 7.11 Å². The van der Waals surface area contributed by atoms with Gasteiger partial charge in [-0.05, 0) is 48.7 Å². The molecule has 0 radical (unpaired) electrons. The molecule has 6 heteroatoms. The average molecular weight is 379 g/mol. The van der Waals surface area contributed by atoms with E-state index in [0.717, 1.165) is 23.4 Å². The molecule has 0 fully saturated rings. The highest BCUT2D eigenvalue weighted by Gasteiger charge is 2.23. The van der Waals surface area contributed by atoms with Crippen LogP contribution < -0.4 is 10.1 Å². The van der Waals surface area contributed by atoms with Gasteiger partial charge in [-0.15, -0.1) is 0 Å². The molecule has 2 amide bonds. The van der Waals surface area contributed by atoms with Gasteiger partial charge < -0.3 is 10.1 Å². The Morgan fingerprint density at radius 2 is 1.96 bits per heavy atom. The molecule has 2 aromatic rings. The van der Waals surface area contributed by atoms with Crippen molar-refractivity contribution in [3.05, 3.63) is 65.2 Å². The first-order valence-electron chi connectivity index (χ1n) is 9.39. The van der Waals surface area contributed by atoms with E-state index in [1.165, 1.54) is 16.1 Å². The molecule has 6 nitrogen and oxygen atoms in total. The largest absolute Gasteiger partial charge is 0.497 e. The van der Waals surface area contributed by atoms with E-state index in [-0.39, 0.29) is 18.4 Å². The summed E-state index contributed by atoms with van der Waals surface area (Å²) in [7, 11) is 1.62. The van der Waals surface area contributed by atoms with Gasteiger partial charge in [-0.1, -0.05) is 29.8 Å². The van der Waals surface area contributed by atoms with Crippen LogP contribution in [0.2, 0.25) is 0 Å². The second kappa shape index (κ2) is 9.17. The quantitative estimate of drug-likeness (QED) is 0.804. The summed E-state index contributed by atoms with van der Waals surface area (Å²) in [6.45, 7) is 2.51. The second-order valence-electron chi connectivity index (χ2n) is 6.82. The number of aryl methyl sites for hydroxylation is 1. The third-order valence-electron chi connectivity index (χ3n) is 4.64. The molecule has 0 aliphatic carbocycles. The molecular weight excluding hydrogens is 354 g/mol. The van der Waals surface area contributed by atoms with Crippen molar-refractivity contribution in [3.8, 4) is 5.75 Å². The zero-order valence-corrected chi connectivity index (χ0v) is 16.3. The maximum absolute atomic E-state index is 12.2. The summed E-state index contributed by atoms with van der Waals surface area (Å²) in [5.41, 5.74) is 4.10. The van der Waals surface area contributed by atoms with Crippen LogP contribution >= 0.6 is 0 Å². The molecule has 1 aliphatic rings. The van der Waals surface area contributed by atoms with Crippen molar-refractivity contribution >= 4 is 17.5 Å². The highest BCUT2D eigenvalue weighted by molar-refractivity contribution is 6.04. The molecule has 0 saturated carbocycles. The molecular formula is C22H25N3O3. The van der Waals surface area contributed by atoms with Crippen molar-refractivity contribution in [2.45, 2.75) is 26.2 Å². The van der Waals surface area contributed by atoms with E-state index < -0.39 is 0 Å². The molecule has 0 aromatic heterocycles. The van der Waals surface area contributed by atoms with Crippen molar-refractivity contribution in [1.29, 1.82) is 0 Å². The normalized spacial score (nSPS) is 13.9. The number of hydrazone groups is 1. The highest BCUT2D eigenvalue weighted by Crippen LogP contribution is 2.18. The number of amides is 2. The summed E-state index contributed by atoms with van der Waals surface area (Å²) in [5, 5.41) is 8.54. The lowest BCUT2D eigenvalue weighted by Gasteiger charge is -2.23. The minimum atomic E-state index is -0.208. The third-order valence-corrected chi connectivity index (χ3v) is 4.64. The predicted octanol–water partition coefficient (Wildman–Crippen LogP) is 2.69. The maximum Gasteiger partial charge on any atom is 0.243 e. The minimum Gasteiger partial charge on any atom is -0.497 e. The van der Waals surface area contributed by atoms with E-state index in [9.17, 15) is 9.59 Å². The van der Waals surface area contributed by atoms with Gasteiger partial charge in [0, 0.05) is 19.4 Å². The van der Waals surface area contributed by atoms with Gasteiger partial charge >= 0.3 is 0 Å². The first kappa shape index (κ1) is 19.6. The van der Waals surface area contributed by atoms with Crippen LogP contribution in [0.4, 0.5) is 0 Å². The number of carbonyl (C=O) groups excluding carboxylic acids is 2. The second-order valence-corrected chi connectivity index (χ2v) is 6.82. The number of methoxy groups -OCH3 is 1. The summed E-state index contributed by atoms with van der Waals surface area (Å²) in [4.78, 5) is 24.4. The van der Waals surface area contributed by atoms with Crippen LogP contribution in [0.5, 0.6) is 5.75 Å². The van der Waals surface area contributed by atoms with Gasteiger partial charge in [0.1, 0.15) is 12.3 Å². The molecule has 0 unspecified atom stereocenters. The lowest BCUT2D eigenvalue weighted by molar-refractivity contribution is -0.136. The first-order chi connectivity index (χ1) is 13.5. The highest BCUT2D eigenvalue weighted by atomic mass is 16.5. The van der Waals surface area contributed by atoms with Crippen LogP contribution in [0, 0.1) is 6.92 Å². The molecule has 1 aliphatic heterocycles. The van der Waals surface area contributed by atoms with Gasteiger partial charge in [0.25, 0.3) is 0 Å². The summed E-state index contributed by atoms with van der Waals surface area (Å²) in [6.07, 6.45) is 1.67. The minimum absolute atomic E-state index is 0.0632. The van der Waals surface area contributed by atoms with Crippen molar-refractivity contribution in [2.24, 2.45) is 5.10 Å². The number of hydrogen-bond donors (Lipinski definition) is 1. The first-order valence-corrected chi connectivity index (χ1v) is 9.39. The number of ether oxygens (including phenoxy) is 1. The van der Waals surface area contributed by atoms with Crippen molar-refractivity contribution in [1.82, 2.24) is 10.3 Å². The van der Waals surface area contributed by atoms with E-state index in [0.29, 0.717) is 19.4 Å². The van der Waals surface area contributed by atoms with Gasteiger partial charge in [-0.2, -0.15) is 5.10 Å². The molecule has 1 heterocycles. The smallest absolute Gasteiger partial charge is 0.243 e. The number of carbonyl (C=O) groups is 2. The Bertz CT molecular complexity index is 875. The monoisotopic (exact) mass is 379 g/mol. The topological polar surface area (TPSA) is 71.0 Å². The summed E-state index contributed by atoms with van der Waals surface area (Å²) in [5.74, 6) is 0.424. The number of nitrogens with one attached hydrogen (secondary N) is 1. The SMILES string of the molecule is COc1ccc(C2=NN(CC(=O)NCCc3cccc(C)c3)C(=O)CC2)cc1. The lowest BCUT2D eigenvalue weighted by atomic mass is 10.0. The number of hydrogen-bond acceptors (Lipinski definition) is 4. The third kappa shape index (κ3) is 5.19. The molecule has 1 N–H and O–H groups in total. The Hall–Kier alpha value is -3.15. The fraction of sp³-hybridized carbons (Fsp3) is 0.318. The molecule has 2 aromatic carbocycles. The van der Waals surface area contributed by atoms with Gasteiger partial charge in [0.05, 0.1) is 12.8 Å². The maximum atomic E-state index is 12.2. The van der Waals surface area contributed by atoms with Crippen LogP contribution in [-0.2, 0) is 16.0 Å². The molecule has 3 rings (SSSR count). The van der Waals surface area contributed by atoms with Crippen molar-refractivity contribution in [2.75, 3.05) is 20.2 Å². The molecule has 0 spiro atoms. The van der Waals surface area contributed by atoms with Gasteiger partial charge in [0.2, 0.25) is 11.8 Å². The number of benzene rings is 2. The van der Waals surface area contributed by atoms with Crippen LogP contribution in [0.15, 0.2) is 53.6 Å². The number of rotatable bonds is 7. The number of nitrogens with zero attached hydrogens (tertiary/aromatic N) is 2. The Morgan fingerprint density at radius 3 is 2.68 bits per heavy atom. The molecule has 0 atom stereocenters. The molecule has 28 heavy (non-hydrogen) atoms. The summed E-state index contributed by atoms with van der Waals surface area (Å²) >= 11 is 0. The fourth-order valence-corrected chi connectivity index (χ4v) is 3.12. The Kier molecular flexibility index (Phi) is 6.42. The zero-order chi connectivity index (χ0) is 19.9. The van der Waals surface area contributed by atoms with E-state index in [4.69, 9.17) is 4.74 Å². The van der Waals surface area contributed by atoms with Crippen LogP contribution in [-0.4, -0.2) is 42.7 Å². The van der Waals surface area contributed by atoms with E-state index >= 15 is 0 Å². The Morgan fingerprint density at radius 1 is 1.18 bits per heavy atom.